The molecule has 1 aromatic rings. The molecular formula is C28H46O4. The van der Waals surface area contributed by atoms with E-state index in [2.05, 4.69) is 6.92 Å². The molecule has 0 aromatic heterocycles. The topological polar surface area (TPSA) is 66.8 Å². The summed E-state index contributed by atoms with van der Waals surface area (Å²) in [4.78, 5) is 12.6. The number of phenolic OH excluding ortho intramolecular Hbond substituents is 2. The third-order valence-electron chi connectivity index (χ3n) is 6.98. The number of hydrogen-bond donors (Lipinski definition) is 2. The summed E-state index contributed by atoms with van der Waals surface area (Å²) < 4.78 is 6.03. The monoisotopic (exact) mass is 446 g/mol. The van der Waals surface area contributed by atoms with Crippen LogP contribution in [0, 0.1) is 13.8 Å². The quantitative estimate of drug-likeness (QED) is 0.251. The fourth-order valence-corrected chi connectivity index (χ4v) is 4.81. The van der Waals surface area contributed by atoms with Crippen molar-refractivity contribution in [3.05, 3.63) is 16.7 Å². The molecule has 4 heteroatoms. The number of Topliss-reactive ketones (excluding diaryl/α,β-unsaturated/α-hetero) is 1. The van der Waals surface area contributed by atoms with Crippen molar-refractivity contribution in [1.82, 2.24) is 0 Å². The van der Waals surface area contributed by atoms with Gasteiger partial charge in [0.15, 0.2) is 5.78 Å². The lowest BCUT2D eigenvalue weighted by Crippen LogP contribution is -2.27. The van der Waals surface area contributed by atoms with E-state index in [1.807, 2.05) is 0 Å². The Morgan fingerprint density at radius 1 is 0.719 bits per heavy atom. The number of benzene rings is 1. The molecule has 1 heterocycles. The van der Waals surface area contributed by atoms with E-state index in [0.29, 0.717) is 23.3 Å². The highest BCUT2D eigenvalue weighted by molar-refractivity contribution is 6.03. The number of hydrogen-bond acceptors (Lipinski definition) is 4. The minimum atomic E-state index is -0.155. The fourth-order valence-electron chi connectivity index (χ4n) is 4.81. The van der Waals surface area contributed by atoms with Crippen LogP contribution in [-0.4, -0.2) is 22.1 Å². The second kappa shape index (κ2) is 14.4. The van der Waals surface area contributed by atoms with E-state index >= 15 is 0 Å². The van der Waals surface area contributed by atoms with Crippen molar-refractivity contribution in [3.8, 4) is 17.2 Å². The molecule has 0 spiro atoms. The Kier molecular flexibility index (Phi) is 12.0. The number of ketones is 1. The van der Waals surface area contributed by atoms with E-state index in [1.165, 1.54) is 89.9 Å². The Balaban J connectivity index is 1.53. The molecule has 0 aliphatic carbocycles. The van der Waals surface area contributed by atoms with Gasteiger partial charge in [0.05, 0.1) is 0 Å². The van der Waals surface area contributed by atoms with E-state index in [1.54, 1.807) is 13.8 Å². The van der Waals surface area contributed by atoms with Crippen LogP contribution < -0.4 is 4.74 Å². The maximum atomic E-state index is 12.6. The Morgan fingerprint density at radius 3 is 1.69 bits per heavy atom. The highest BCUT2D eigenvalue weighted by Crippen LogP contribution is 2.45. The van der Waals surface area contributed by atoms with Gasteiger partial charge in [0, 0.05) is 17.5 Å². The zero-order valence-corrected chi connectivity index (χ0v) is 20.8. The second-order valence-electron chi connectivity index (χ2n) is 9.76. The van der Waals surface area contributed by atoms with Crippen molar-refractivity contribution < 1.29 is 19.7 Å². The van der Waals surface area contributed by atoms with Crippen LogP contribution in [0.3, 0.4) is 0 Å². The van der Waals surface area contributed by atoms with Gasteiger partial charge in [-0.3, -0.25) is 4.79 Å². The standard InChI is InChI=1S/C28H46O4/c1-4-5-6-7-8-9-10-11-12-13-14-15-16-17-18-19-23-20-24(29)25-27(31)21(2)26(30)22(3)28(25)32-23/h23,30-31H,4-20H2,1-3H3. The number of unbranched alkanes of at least 4 members (excludes halogenated alkanes) is 14. The predicted octanol–water partition coefficient (Wildman–Crippen LogP) is 8.31. The van der Waals surface area contributed by atoms with E-state index < -0.39 is 0 Å². The van der Waals surface area contributed by atoms with Crippen LogP contribution in [0.4, 0.5) is 0 Å². The molecule has 0 saturated carbocycles. The third kappa shape index (κ3) is 8.01. The Bertz CT molecular complexity index is 710. The Labute approximate surface area is 195 Å². The molecule has 0 radical (unpaired) electrons. The molecule has 2 N–H and O–H groups in total. The highest BCUT2D eigenvalue weighted by Gasteiger charge is 2.32. The van der Waals surface area contributed by atoms with Gasteiger partial charge >= 0.3 is 0 Å². The fraction of sp³-hybridized carbons (Fsp3) is 0.750. The van der Waals surface area contributed by atoms with Crippen LogP contribution in [0.1, 0.15) is 138 Å². The summed E-state index contributed by atoms with van der Waals surface area (Å²) in [6, 6.07) is 0. The van der Waals surface area contributed by atoms with Crippen molar-refractivity contribution >= 4 is 5.78 Å². The molecule has 2 rings (SSSR count). The molecule has 1 atom stereocenters. The molecule has 1 aliphatic heterocycles. The van der Waals surface area contributed by atoms with Crippen LogP contribution in [0.2, 0.25) is 0 Å². The summed E-state index contributed by atoms with van der Waals surface area (Å²) in [5, 5.41) is 20.4. The Hall–Kier alpha value is -1.71. The molecule has 0 saturated heterocycles. The van der Waals surface area contributed by atoms with Gasteiger partial charge in [0.1, 0.15) is 28.9 Å². The number of rotatable bonds is 16. The van der Waals surface area contributed by atoms with Gasteiger partial charge in [-0.25, -0.2) is 0 Å². The van der Waals surface area contributed by atoms with Crippen molar-refractivity contribution in [2.24, 2.45) is 0 Å². The summed E-state index contributed by atoms with van der Waals surface area (Å²) >= 11 is 0. The van der Waals surface area contributed by atoms with Crippen molar-refractivity contribution in [1.29, 1.82) is 0 Å². The first kappa shape index (κ1) is 26.5. The average Bonchev–Trinajstić information content (AvgIpc) is 2.78. The van der Waals surface area contributed by atoms with Crippen LogP contribution >= 0.6 is 0 Å². The maximum Gasteiger partial charge on any atom is 0.174 e. The average molecular weight is 447 g/mol. The molecular weight excluding hydrogens is 400 g/mol. The van der Waals surface area contributed by atoms with Crippen molar-refractivity contribution in [2.45, 2.75) is 136 Å². The lowest BCUT2D eigenvalue weighted by molar-refractivity contribution is 0.0827. The van der Waals surface area contributed by atoms with Gasteiger partial charge in [-0.1, -0.05) is 96.8 Å². The van der Waals surface area contributed by atoms with E-state index in [9.17, 15) is 15.0 Å². The highest BCUT2D eigenvalue weighted by atomic mass is 16.5. The SMILES string of the molecule is CCCCCCCCCCCCCCCCCC1CC(=O)c2c(O)c(C)c(O)c(C)c2O1. The van der Waals surface area contributed by atoms with E-state index in [-0.39, 0.29) is 28.9 Å². The number of fused-ring (bicyclic) bond motifs is 1. The summed E-state index contributed by atoms with van der Waals surface area (Å²) in [5.74, 6) is 0.161. The van der Waals surface area contributed by atoms with E-state index in [4.69, 9.17) is 4.74 Å². The predicted molar refractivity (Wildman–Crippen MR) is 132 cm³/mol. The lowest BCUT2D eigenvalue weighted by Gasteiger charge is -2.28. The normalized spacial score (nSPS) is 15.6. The molecule has 0 bridgehead atoms. The van der Waals surface area contributed by atoms with Gasteiger partial charge in [0.25, 0.3) is 0 Å². The molecule has 0 fully saturated rings. The van der Waals surface area contributed by atoms with Gasteiger partial charge in [-0.05, 0) is 26.7 Å². The van der Waals surface area contributed by atoms with Gasteiger partial charge in [-0.15, -0.1) is 0 Å². The number of phenols is 2. The largest absolute Gasteiger partial charge is 0.507 e. The van der Waals surface area contributed by atoms with Gasteiger partial charge in [0.2, 0.25) is 0 Å². The number of ether oxygens (including phenoxy) is 1. The Morgan fingerprint density at radius 2 is 1.19 bits per heavy atom. The minimum Gasteiger partial charge on any atom is -0.507 e. The van der Waals surface area contributed by atoms with Gasteiger partial charge < -0.3 is 14.9 Å². The summed E-state index contributed by atoms with van der Waals surface area (Å²) in [6.45, 7) is 5.63. The second-order valence-corrected chi connectivity index (χ2v) is 9.76. The summed E-state index contributed by atoms with van der Waals surface area (Å²) in [5.41, 5.74) is 1.13. The third-order valence-corrected chi connectivity index (χ3v) is 6.98. The summed E-state index contributed by atoms with van der Waals surface area (Å²) in [6.07, 6.45) is 21.0. The first-order valence-corrected chi connectivity index (χ1v) is 13.2. The molecule has 1 aliphatic rings. The molecule has 32 heavy (non-hydrogen) atoms. The minimum absolute atomic E-state index is 0.0154. The van der Waals surface area contributed by atoms with Crippen LogP contribution in [0.15, 0.2) is 0 Å². The van der Waals surface area contributed by atoms with Crippen molar-refractivity contribution in [3.63, 3.8) is 0 Å². The summed E-state index contributed by atoms with van der Waals surface area (Å²) in [7, 11) is 0. The molecule has 182 valence electrons. The molecule has 4 nitrogen and oxygen atoms in total. The van der Waals surface area contributed by atoms with Crippen LogP contribution in [0.25, 0.3) is 0 Å². The molecule has 1 unspecified atom stereocenters. The number of carbonyl (C=O) groups is 1. The number of carbonyl (C=O) groups excluding carboxylic acids is 1. The van der Waals surface area contributed by atoms with Crippen molar-refractivity contribution in [2.75, 3.05) is 0 Å². The smallest absolute Gasteiger partial charge is 0.174 e. The zero-order valence-electron chi connectivity index (χ0n) is 20.8. The number of aromatic hydroxyl groups is 2. The lowest BCUT2D eigenvalue weighted by atomic mass is 9.92. The molecule has 0 amide bonds. The maximum absolute atomic E-state index is 12.6. The van der Waals surface area contributed by atoms with Gasteiger partial charge in [-0.2, -0.15) is 0 Å². The van der Waals surface area contributed by atoms with E-state index in [0.717, 1.165) is 12.8 Å². The zero-order chi connectivity index (χ0) is 23.3. The first-order chi connectivity index (χ1) is 15.5. The molecule has 1 aromatic carbocycles. The first-order valence-electron chi connectivity index (χ1n) is 13.2. The van der Waals surface area contributed by atoms with Crippen LogP contribution in [0.5, 0.6) is 17.2 Å². The van der Waals surface area contributed by atoms with Crippen LogP contribution in [-0.2, 0) is 0 Å².